The van der Waals surface area contributed by atoms with Gasteiger partial charge in [0.25, 0.3) is 0 Å². The van der Waals surface area contributed by atoms with Gasteiger partial charge in [-0.05, 0) is 60.8 Å². The number of aliphatic hydroxyl groups is 1. The zero-order valence-electron chi connectivity index (χ0n) is 12.9. The van der Waals surface area contributed by atoms with Crippen LogP contribution in [0.1, 0.15) is 25.8 Å². The molecule has 2 rings (SSSR count). The fourth-order valence-corrected chi connectivity index (χ4v) is 2.99. The van der Waals surface area contributed by atoms with E-state index in [1.807, 2.05) is 25.1 Å². The third-order valence-electron chi connectivity index (χ3n) is 4.15. The first-order valence-corrected chi connectivity index (χ1v) is 8.14. The Bertz CT molecular complexity index is 483. The smallest absolute Gasteiger partial charge is 0.133 e. The second-order valence-corrected chi connectivity index (χ2v) is 6.81. The normalized spacial score (nSPS) is 26.8. The lowest BCUT2D eigenvalue weighted by Gasteiger charge is -2.30. The van der Waals surface area contributed by atoms with Crippen LogP contribution in [0.5, 0.6) is 5.75 Å². The minimum absolute atomic E-state index is 0.0641. The van der Waals surface area contributed by atoms with E-state index in [0.717, 1.165) is 23.2 Å². The first-order chi connectivity index (χ1) is 9.90. The van der Waals surface area contributed by atoms with E-state index in [1.165, 1.54) is 5.56 Å². The maximum absolute atomic E-state index is 10.1. The molecule has 1 aliphatic rings. The lowest BCUT2D eigenvalue weighted by atomic mass is 9.94. The fraction of sp³-hybridized carbons (Fsp3) is 0.625. The van der Waals surface area contributed by atoms with Crippen molar-refractivity contribution in [2.45, 2.75) is 44.9 Å². The van der Waals surface area contributed by atoms with E-state index in [1.54, 1.807) is 0 Å². The van der Waals surface area contributed by atoms with Gasteiger partial charge in [0, 0.05) is 18.7 Å². The molecule has 1 heterocycles. The maximum Gasteiger partial charge on any atom is 0.133 e. The summed E-state index contributed by atoms with van der Waals surface area (Å²) < 4.78 is 12.1. The molecule has 4 nitrogen and oxygen atoms in total. The monoisotopic (exact) mass is 357 g/mol. The standard InChI is InChI=1S/C16H24BrNO3/c1-11-4-5-15(14(17)8-11)21-10-13(19)9-18-16(3)6-7-20-12(16)2/h4-5,8,12-13,18-19H,6-7,9-10H2,1-3H3. The third-order valence-corrected chi connectivity index (χ3v) is 4.77. The number of hydrogen-bond donors (Lipinski definition) is 2. The number of nitrogens with one attached hydrogen (secondary N) is 1. The molecule has 0 radical (unpaired) electrons. The summed E-state index contributed by atoms with van der Waals surface area (Å²) in [7, 11) is 0. The van der Waals surface area contributed by atoms with E-state index in [9.17, 15) is 5.11 Å². The lowest BCUT2D eigenvalue weighted by Crippen LogP contribution is -2.51. The van der Waals surface area contributed by atoms with Crippen molar-refractivity contribution in [3.05, 3.63) is 28.2 Å². The molecule has 1 aliphatic heterocycles. The van der Waals surface area contributed by atoms with Gasteiger partial charge < -0.3 is 19.9 Å². The van der Waals surface area contributed by atoms with Crippen LogP contribution in [-0.4, -0.2) is 42.6 Å². The Morgan fingerprint density at radius 3 is 2.95 bits per heavy atom. The molecule has 0 aromatic heterocycles. The van der Waals surface area contributed by atoms with Gasteiger partial charge in [-0.25, -0.2) is 0 Å². The largest absolute Gasteiger partial charge is 0.490 e. The topological polar surface area (TPSA) is 50.7 Å². The first kappa shape index (κ1) is 16.7. The van der Waals surface area contributed by atoms with E-state index in [0.29, 0.717) is 6.54 Å². The molecular formula is C16H24BrNO3. The average molecular weight is 358 g/mol. The molecule has 1 aromatic carbocycles. The van der Waals surface area contributed by atoms with Gasteiger partial charge in [-0.2, -0.15) is 0 Å². The molecule has 0 saturated carbocycles. The highest BCUT2D eigenvalue weighted by atomic mass is 79.9. The van der Waals surface area contributed by atoms with Crippen molar-refractivity contribution in [2.75, 3.05) is 19.8 Å². The summed E-state index contributed by atoms with van der Waals surface area (Å²) in [6.45, 7) is 7.75. The maximum atomic E-state index is 10.1. The van der Waals surface area contributed by atoms with E-state index >= 15 is 0 Å². The molecule has 0 bridgehead atoms. The molecule has 0 spiro atoms. The number of aryl methyl sites for hydroxylation is 1. The summed E-state index contributed by atoms with van der Waals surface area (Å²) in [6.07, 6.45) is 0.574. The van der Waals surface area contributed by atoms with Crippen LogP contribution in [0, 0.1) is 6.92 Å². The Morgan fingerprint density at radius 1 is 1.57 bits per heavy atom. The van der Waals surface area contributed by atoms with Gasteiger partial charge in [-0.15, -0.1) is 0 Å². The van der Waals surface area contributed by atoms with Crippen molar-refractivity contribution in [3.63, 3.8) is 0 Å². The predicted molar refractivity (Wildman–Crippen MR) is 86.8 cm³/mol. The molecule has 1 aromatic rings. The summed E-state index contributed by atoms with van der Waals surface area (Å²) in [5, 5.41) is 13.5. The van der Waals surface area contributed by atoms with Crippen LogP contribution >= 0.6 is 15.9 Å². The second kappa shape index (κ2) is 7.09. The number of benzene rings is 1. The predicted octanol–water partition coefficient (Wildman–Crippen LogP) is 2.65. The number of hydrogen-bond acceptors (Lipinski definition) is 4. The Hall–Kier alpha value is -0.620. The summed E-state index contributed by atoms with van der Waals surface area (Å²) in [5.41, 5.74) is 1.10. The van der Waals surface area contributed by atoms with Crippen molar-refractivity contribution in [1.82, 2.24) is 5.32 Å². The van der Waals surface area contributed by atoms with Crippen molar-refractivity contribution in [2.24, 2.45) is 0 Å². The van der Waals surface area contributed by atoms with Crippen LogP contribution in [0.3, 0.4) is 0 Å². The van der Waals surface area contributed by atoms with Crippen LogP contribution in [0.4, 0.5) is 0 Å². The highest BCUT2D eigenvalue weighted by Gasteiger charge is 2.36. The summed E-state index contributed by atoms with van der Waals surface area (Å²) >= 11 is 3.47. The van der Waals surface area contributed by atoms with Gasteiger partial charge >= 0.3 is 0 Å². The van der Waals surface area contributed by atoms with Crippen molar-refractivity contribution < 1.29 is 14.6 Å². The number of ether oxygens (including phenoxy) is 2. The molecule has 5 heteroatoms. The molecule has 3 atom stereocenters. The molecule has 3 unspecified atom stereocenters. The van der Waals surface area contributed by atoms with Crippen LogP contribution in [0.15, 0.2) is 22.7 Å². The van der Waals surface area contributed by atoms with Gasteiger partial charge in [0.15, 0.2) is 0 Å². The number of aliphatic hydroxyl groups excluding tert-OH is 1. The van der Waals surface area contributed by atoms with Gasteiger partial charge in [-0.1, -0.05) is 6.07 Å². The van der Waals surface area contributed by atoms with Crippen LogP contribution in [-0.2, 0) is 4.74 Å². The van der Waals surface area contributed by atoms with Gasteiger partial charge in [0.2, 0.25) is 0 Å². The molecule has 118 valence electrons. The Balaban J connectivity index is 1.78. The summed E-state index contributed by atoms with van der Waals surface area (Å²) in [5.74, 6) is 0.753. The Kier molecular flexibility index (Phi) is 5.66. The van der Waals surface area contributed by atoms with E-state index in [4.69, 9.17) is 9.47 Å². The minimum atomic E-state index is -0.553. The molecule has 0 aliphatic carbocycles. The summed E-state index contributed by atoms with van der Waals surface area (Å²) in [6, 6.07) is 5.90. The number of halogens is 1. The molecule has 1 saturated heterocycles. The Morgan fingerprint density at radius 2 is 2.33 bits per heavy atom. The minimum Gasteiger partial charge on any atom is -0.490 e. The van der Waals surface area contributed by atoms with Crippen molar-refractivity contribution >= 4 is 15.9 Å². The molecule has 21 heavy (non-hydrogen) atoms. The van der Waals surface area contributed by atoms with E-state index < -0.39 is 6.10 Å². The zero-order chi connectivity index (χ0) is 15.5. The van der Waals surface area contributed by atoms with E-state index in [2.05, 4.69) is 35.1 Å². The molecule has 1 fully saturated rings. The highest BCUT2D eigenvalue weighted by molar-refractivity contribution is 9.10. The molecule has 2 N–H and O–H groups in total. The van der Waals surface area contributed by atoms with Crippen molar-refractivity contribution in [1.29, 1.82) is 0 Å². The SMILES string of the molecule is Cc1ccc(OCC(O)CNC2(C)CCOC2C)c(Br)c1. The zero-order valence-corrected chi connectivity index (χ0v) is 14.4. The number of rotatable bonds is 6. The van der Waals surface area contributed by atoms with Gasteiger partial charge in [0.05, 0.1) is 10.6 Å². The van der Waals surface area contributed by atoms with Gasteiger partial charge in [0.1, 0.15) is 18.5 Å². The Labute approximate surface area is 135 Å². The third kappa shape index (κ3) is 4.42. The molecule has 0 amide bonds. The molecular weight excluding hydrogens is 334 g/mol. The quantitative estimate of drug-likeness (QED) is 0.821. The van der Waals surface area contributed by atoms with Crippen LogP contribution in [0.2, 0.25) is 0 Å². The first-order valence-electron chi connectivity index (χ1n) is 7.34. The summed E-state index contributed by atoms with van der Waals surface area (Å²) in [4.78, 5) is 0. The van der Waals surface area contributed by atoms with Crippen molar-refractivity contribution in [3.8, 4) is 5.75 Å². The fourth-order valence-electron chi connectivity index (χ4n) is 2.39. The van der Waals surface area contributed by atoms with E-state index in [-0.39, 0.29) is 18.2 Å². The average Bonchev–Trinajstić information content (AvgIpc) is 2.76. The second-order valence-electron chi connectivity index (χ2n) is 5.96. The lowest BCUT2D eigenvalue weighted by molar-refractivity contribution is 0.0685. The van der Waals surface area contributed by atoms with Crippen LogP contribution in [0.25, 0.3) is 0 Å². The van der Waals surface area contributed by atoms with Gasteiger partial charge in [-0.3, -0.25) is 0 Å². The number of β-amino-alcohol motifs (C(OH)–C–C–N with tert-alkyl or cyclic N) is 1. The highest BCUT2D eigenvalue weighted by Crippen LogP contribution is 2.26. The van der Waals surface area contributed by atoms with Crippen LogP contribution < -0.4 is 10.1 Å².